The van der Waals surface area contributed by atoms with Crippen molar-refractivity contribution in [1.29, 1.82) is 0 Å². The topological polar surface area (TPSA) is 255 Å². The molecule has 0 radical (unpaired) electrons. The Morgan fingerprint density at radius 2 is 1.38 bits per heavy atom. The first kappa shape index (κ1) is 58.9. The lowest BCUT2D eigenvalue weighted by atomic mass is 9.44. The Bertz CT molecular complexity index is 2510. The number of amides is 1. The van der Waals surface area contributed by atoms with E-state index in [1.54, 1.807) is 45.0 Å². The van der Waals surface area contributed by atoms with Crippen LogP contribution < -0.4 is 5.32 Å². The number of aliphatic hydroxyl groups is 2. The second-order valence-corrected chi connectivity index (χ2v) is 25.1. The number of aliphatic hydroxyl groups excluding tert-OH is 1. The van der Waals surface area contributed by atoms with E-state index in [1.807, 2.05) is 0 Å². The maximum absolute atomic E-state index is 16.3. The summed E-state index contributed by atoms with van der Waals surface area (Å²) in [6.07, 6.45) is -16.6. The number of alkyl carbamates (subject to hydrolysis) is 1. The molecule has 2 aromatic rings. The third-order valence-corrected chi connectivity index (χ3v) is 14.3. The van der Waals surface area contributed by atoms with Crippen molar-refractivity contribution in [2.75, 3.05) is 19.8 Å². The summed E-state index contributed by atoms with van der Waals surface area (Å²) < 4.78 is 47.9. The second kappa shape index (κ2) is 22.0. The standard InChI is InChI=1S/C49H55Cl6NO18/c1-24-28(69-39(61)33(58)32(26-15-11-9-12-16-26)56-40(62)74-43(3,4)5)20-47(65)37(72-38(60)27-17-13-10-14-18-27)35-45(8,36(59)34(31(24)44(47,6)7)71-42(64)68-23-49(53,54)55)29(70-41(63)67-22-48(50,51)52)19-30-46(35,21-66-30)73-25(2)57/h9-18,28-30,32-35,37,58,65H,19-23H2,1-8H3,(H,56,62)/t28-,29-,30+,32?,33?,34+,35-,37-,45+,46-,47+/m0/s1. The first-order valence-electron chi connectivity index (χ1n) is 22.9. The zero-order chi connectivity index (χ0) is 55.1. The molecule has 1 saturated heterocycles. The summed E-state index contributed by atoms with van der Waals surface area (Å²) in [5.41, 5.74) is -10.2. The molecular formula is C49H55Cl6NO18. The predicted molar refractivity (Wildman–Crippen MR) is 265 cm³/mol. The van der Waals surface area contributed by atoms with Gasteiger partial charge < -0.3 is 58.2 Å². The fourth-order valence-electron chi connectivity index (χ4n) is 10.3. The molecule has 0 aromatic heterocycles. The molecule has 3 fully saturated rings. The van der Waals surface area contributed by atoms with Crippen LogP contribution in [0.2, 0.25) is 0 Å². The van der Waals surface area contributed by atoms with Gasteiger partial charge in [-0.2, -0.15) is 0 Å². The Balaban J connectivity index is 1.61. The fourth-order valence-corrected chi connectivity index (χ4v) is 10.7. The number of rotatable bonds is 12. The van der Waals surface area contributed by atoms with E-state index < -0.39 is 159 Å². The van der Waals surface area contributed by atoms with Crippen molar-refractivity contribution < 1.29 is 86.4 Å². The van der Waals surface area contributed by atoms with Crippen molar-refractivity contribution >= 4 is 112 Å². The Labute approximate surface area is 455 Å². The molecule has 11 atom stereocenters. The molecule has 2 aromatic carbocycles. The molecule has 2 bridgehead atoms. The van der Waals surface area contributed by atoms with E-state index in [4.69, 9.17) is 112 Å². The average Bonchev–Trinajstić information content (AvgIpc) is 3.29. The lowest BCUT2D eigenvalue weighted by molar-refractivity contribution is -0.346. The van der Waals surface area contributed by atoms with E-state index in [0.717, 1.165) is 6.92 Å². The first-order valence-corrected chi connectivity index (χ1v) is 25.2. The third-order valence-electron chi connectivity index (χ3n) is 13.7. The van der Waals surface area contributed by atoms with Crippen LogP contribution in [-0.2, 0) is 57.0 Å². The molecule has 6 rings (SSSR count). The molecule has 2 saturated carbocycles. The number of ether oxygens (including phenoxy) is 9. The van der Waals surface area contributed by atoms with Crippen LogP contribution in [0.1, 0.15) is 90.2 Å². The van der Waals surface area contributed by atoms with Gasteiger partial charge in [0.25, 0.3) is 0 Å². The molecular weight excluding hydrogens is 1100 g/mol. The number of esters is 3. The summed E-state index contributed by atoms with van der Waals surface area (Å²) in [4.78, 5) is 99.4. The molecule has 2 unspecified atom stereocenters. The molecule has 0 spiro atoms. The minimum absolute atomic E-state index is 0.0470. The normalized spacial score (nSPS) is 29.2. The molecule has 19 nitrogen and oxygen atoms in total. The van der Waals surface area contributed by atoms with Crippen molar-refractivity contribution in [3.63, 3.8) is 0 Å². The molecule has 3 aliphatic carbocycles. The van der Waals surface area contributed by atoms with Gasteiger partial charge in [0.15, 0.2) is 23.6 Å². The molecule has 3 N–H and O–H groups in total. The van der Waals surface area contributed by atoms with Gasteiger partial charge in [-0.1, -0.05) is 132 Å². The number of benzene rings is 2. The number of carbonyl (C=O) groups is 7. The van der Waals surface area contributed by atoms with Crippen molar-refractivity contribution in [2.24, 2.45) is 16.7 Å². The zero-order valence-corrected chi connectivity index (χ0v) is 45.7. The van der Waals surface area contributed by atoms with Gasteiger partial charge in [-0.3, -0.25) is 9.59 Å². The van der Waals surface area contributed by atoms with Gasteiger partial charge in [0.1, 0.15) is 48.8 Å². The molecule has 1 aliphatic heterocycles. The van der Waals surface area contributed by atoms with Crippen LogP contribution in [0.5, 0.6) is 0 Å². The van der Waals surface area contributed by atoms with Crippen molar-refractivity contribution in [2.45, 2.75) is 135 Å². The molecule has 406 valence electrons. The molecule has 74 heavy (non-hydrogen) atoms. The van der Waals surface area contributed by atoms with Crippen LogP contribution in [0.3, 0.4) is 0 Å². The highest BCUT2D eigenvalue weighted by Crippen LogP contribution is 2.65. The van der Waals surface area contributed by atoms with Gasteiger partial charge in [0.2, 0.25) is 7.59 Å². The van der Waals surface area contributed by atoms with Gasteiger partial charge in [-0.15, -0.1) is 0 Å². The summed E-state index contributed by atoms with van der Waals surface area (Å²) in [5, 5.41) is 28.4. The van der Waals surface area contributed by atoms with Crippen molar-refractivity contribution in [1.82, 2.24) is 5.32 Å². The number of hydrogen-bond acceptors (Lipinski definition) is 18. The van der Waals surface area contributed by atoms with E-state index >= 15 is 4.79 Å². The average molecular weight is 1160 g/mol. The Morgan fingerprint density at radius 1 is 0.824 bits per heavy atom. The monoisotopic (exact) mass is 1160 g/mol. The number of ketones is 1. The number of Topliss-reactive ketones (excluding diaryl/α,β-unsaturated/α-hetero) is 1. The van der Waals surface area contributed by atoms with Gasteiger partial charge in [0, 0.05) is 25.2 Å². The quantitative estimate of drug-likeness (QED) is 0.0781. The SMILES string of the molecule is CC(=O)O[C@@]12CO[C@@H]1C[C@H](OC(=O)OCC(Cl)(Cl)Cl)[C@@]1(C)C(=O)[C@H](OC(=O)OCC(Cl)(Cl)Cl)C3=C(C)[C@@H](OC(=O)C(O)C(NC(=O)OC(C)(C)C)c4ccccc4)C[C@@](O)([C@@H](OC(=O)c4ccccc4)[C@H]21)C3(C)C. The highest BCUT2D eigenvalue weighted by Gasteiger charge is 2.79. The van der Waals surface area contributed by atoms with Gasteiger partial charge in [-0.05, 0) is 63.5 Å². The van der Waals surface area contributed by atoms with Crippen LogP contribution in [0.15, 0.2) is 71.8 Å². The van der Waals surface area contributed by atoms with Gasteiger partial charge in [0.05, 0.1) is 29.5 Å². The smallest absolute Gasteiger partial charge is 0.456 e. The third kappa shape index (κ3) is 12.4. The molecule has 1 heterocycles. The number of nitrogens with one attached hydrogen (secondary N) is 1. The number of alkyl halides is 6. The van der Waals surface area contributed by atoms with Crippen molar-refractivity contribution in [3.8, 4) is 0 Å². The van der Waals surface area contributed by atoms with Crippen molar-refractivity contribution in [3.05, 3.63) is 82.9 Å². The summed E-state index contributed by atoms with van der Waals surface area (Å²) in [6, 6.07) is 13.8. The van der Waals surface area contributed by atoms with Crippen LogP contribution in [0.4, 0.5) is 14.4 Å². The lowest BCUT2D eigenvalue weighted by Crippen LogP contribution is -2.82. The van der Waals surface area contributed by atoms with Crippen LogP contribution in [0, 0.1) is 16.7 Å². The van der Waals surface area contributed by atoms with Gasteiger partial charge >= 0.3 is 36.3 Å². The summed E-state index contributed by atoms with van der Waals surface area (Å²) >= 11 is 35.4. The van der Waals surface area contributed by atoms with E-state index in [9.17, 15) is 39.0 Å². The minimum Gasteiger partial charge on any atom is -0.456 e. The maximum atomic E-state index is 16.3. The predicted octanol–water partition coefficient (Wildman–Crippen LogP) is 8.32. The fraction of sp³-hybridized carbons (Fsp3) is 0.571. The summed E-state index contributed by atoms with van der Waals surface area (Å²) in [6.45, 7) is 9.11. The molecule has 1 amide bonds. The maximum Gasteiger partial charge on any atom is 0.509 e. The Morgan fingerprint density at radius 3 is 1.89 bits per heavy atom. The number of fused-ring (bicyclic) bond motifs is 5. The lowest BCUT2D eigenvalue weighted by Gasteiger charge is -2.67. The number of hydrogen-bond donors (Lipinski definition) is 3. The van der Waals surface area contributed by atoms with E-state index in [-0.39, 0.29) is 22.3 Å². The Hall–Kier alpha value is -4.31. The van der Waals surface area contributed by atoms with Crippen LogP contribution >= 0.6 is 69.6 Å². The van der Waals surface area contributed by atoms with E-state index in [2.05, 4.69) is 5.32 Å². The van der Waals surface area contributed by atoms with Crippen LogP contribution in [0.25, 0.3) is 0 Å². The molecule has 4 aliphatic rings. The number of halogens is 6. The molecule has 25 heteroatoms. The highest BCUT2D eigenvalue weighted by molar-refractivity contribution is 6.68. The summed E-state index contributed by atoms with van der Waals surface area (Å²) in [7, 11) is 0. The minimum atomic E-state index is -2.66. The highest BCUT2D eigenvalue weighted by atomic mass is 35.6. The first-order chi connectivity index (χ1) is 34.1. The van der Waals surface area contributed by atoms with E-state index in [0.29, 0.717) is 0 Å². The zero-order valence-electron chi connectivity index (χ0n) is 41.1. The van der Waals surface area contributed by atoms with Crippen LogP contribution in [-0.4, -0.2) is 133 Å². The summed E-state index contributed by atoms with van der Waals surface area (Å²) in [5.74, 6) is -6.38. The largest absolute Gasteiger partial charge is 0.509 e. The Kier molecular flexibility index (Phi) is 17.5. The number of carbonyl (C=O) groups excluding carboxylic acids is 7. The second-order valence-electron chi connectivity index (χ2n) is 20.1. The van der Waals surface area contributed by atoms with E-state index in [1.165, 1.54) is 64.1 Å². The van der Waals surface area contributed by atoms with Gasteiger partial charge in [-0.25, -0.2) is 24.0 Å².